The van der Waals surface area contributed by atoms with E-state index in [0.29, 0.717) is 11.5 Å². The molecule has 0 aliphatic rings. The Bertz CT molecular complexity index is 1030. The fourth-order valence-electron chi connectivity index (χ4n) is 2.23. The maximum absolute atomic E-state index is 11.9. The fourth-order valence-corrected chi connectivity index (χ4v) is 2.92. The summed E-state index contributed by atoms with van der Waals surface area (Å²) in [5, 5.41) is 14.4. The molecule has 0 fully saturated rings. The standard InChI is InChI=1S/C18H13BrN4O4/c1-11-2-5-14(15(19)8-11)17-7-4-13(27-17)10-21-22-18(24)16-6-3-12(9-20-16)23(25)26/h2-10H,1H3,(H,22,24)/b21-10+. The summed E-state index contributed by atoms with van der Waals surface area (Å²) in [5.41, 5.74) is 4.14. The van der Waals surface area contributed by atoms with Gasteiger partial charge in [0.15, 0.2) is 0 Å². The molecule has 0 atom stereocenters. The Labute approximate surface area is 162 Å². The molecule has 8 nitrogen and oxygen atoms in total. The minimum Gasteiger partial charge on any atom is -0.455 e. The summed E-state index contributed by atoms with van der Waals surface area (Å²) in [7, 11) is 0. The summed E-state index contributed by atoms with van der Waals surface area (Å²) < 4.78 is 6.61. The Kier molecular flexibility index (Phi) is 5.41. The SMILES string of the molecule is Cc1ccc(-c2ccc(/C=N/NC(=O)c3ccc([N+](=O)[O-])cn3)o2)c(Br)c1. The molecule has 3 rings (SSSR count). The van der Waals surface area contributed by atoms with Crippen LogP contribution in [-0.4, -0.2) is 22.0 Å². The number of halogens is 1. The monoisotopic (exact) mass is 428 g/mol. The van der Waals surface area contributed by atoms with E-state index in [1.165, 1.54) is 18.3 Å². The van der Waals surface area contributed by atoms with Crippen molar-refractivity contribution in [1.29, 1.82) is 0 Å². The molecule has 2 heterocycles. The van der Waals surface area contributed by atoms with Crippen molar-refractivity contribution in [3.05, 3.63) is 80.3 Å². The van der Waals surface area contributed by atoms with Gasteiger partial charge >= 0.3 is 0 Å². The molecule has 0 saturated heterocycles. The number of carbonyl (C=O) groups is 1. The van der Waals surface area contributed by atoms with E-state index >= 15 is 0 Å². The van der Waals surface area contributed by atoms with Gasteiger partial charge in [-0.05, 0) is 42.8 Å². The van der Waals surface area contributed by atoms with Crippen molar-refractivity contribution in [1.82, 2.24) is 10.4 Å². The summed E-state index contributed by atoms with van der Waals surface area (Å²) in [6, 6.07) is 11.9. The second-order valence-electron chi connectivity index (χ2n) is 5.54. The lowest BCUT2D eigenvalue weighted by atomic mass is 10.1. The van der Waals surface area contributed by atoms with Crippen molar-refractivity contribution in [2.24, 2.45) is 5.10 Å². The Morgan fingerprint density at radius 1 is 1.30 bits per heavy atom. The highest BCUT2D eigenvalue weighted by Crippen LogP contribution is 2.30. The van der Waals surface area contributed by atoms with Gasteiger partial charge in [-0.1, -0.05) is 22.0 Å². The third kappa shape index (κ3) is 4.45. The predicted octanol–water partition coefficient (Wildman–Crippen LogP) is 4.08. The molecule has 27 heavy (non-hydrogen) atoms. The normalized spacial score (nSPS) is 10.9. The molecule has 0 saturated carbocycles. The van der Waals surface area contributed by atoms with E-state index in [-0.39, 0.29) is 11.4 Å². The summed E-state index contributed by atoms with van der Waals surface area (Å²) in [4.78, 5) is 25.6. The van der Waals surface area contributed by atoms with Crippen molar-refractivity contribution in [3.63, 3.8) is 0 Å². The summed E-state index contributed by atoms with van der Waals surface area (Å²) in [6.07, 6.45) is 2.37. The number of nitro groups is 1. The van der Waals surface area contributed by atoms with Gasteiger partial charge < -0.3 is 4.42 Å². The van der Waals surface area contributed by atoms with Crippen LogP contribution in [0.15, 0.2) is 62.7 Å². The minimum absolute atomic E-state index is 0.0152. The fraction of sp³-hybridized carbons (Fsp3) is 0.0556. The van der Waals surface area contributed by atoms with Crippen LogP contribution in [0, 0.1) is 17.0 Å². The number of hydrogen-bond donors (Lipinski definition) is 1. The molecular formula is C18H13BrN4O4. The number of hydrazone groups is 1. The van der Waals surface area contributed by atoms with Gasteiger partial charge in [-0.15, -0.1) is 0 Å². The van der Waals surface area contributed by atoms with Crippen molar-refractivity contribution in [3.8, 4) is 11.3 Å². The van der Waals surface area contributed by atoms with Gasteiger partial charge in [0.25, 0.3) is 11.6 Å². The number of rotatable bonds is 5. The molecule has 0 aliphatic carbocycles. The largest absolute Gasteiger partial charge is 0.455 e. The van der Waals surface area contributed by atoms with Gasteiger partial charge in [-0.2, -0.15) is 5.10 Å². The molecule has 136 valence electrons. The molecule has 3 aromatic rings. The summed E-state index contributed by atoms with van der Waals surface area (Å²) >= 11 is 3.50. The van der Waals surface area contributed by atoms with E-state index in [9.17, 15) is 14.9 Å². The predicted molar refractivity (Wildman–Crippen MR) is 103 cm³/mol. The molecule has 0 aliphatic heterocycles. The molecule has 0 spiro atoms. The number of carbonyl (C=O) groups excluding carboxylic acids is 1. The van der Waals surface area contributed by atoms with Crippen LogP contribution in [-0.2, 0) is 0 Å². The third-order valence-electron chi connectivity index (χ3n) is 3.57. The van der Waals surface area contributed by atoms with E-state index in [2.05, 4.69) is 31.4 Å². The zero-order chi connectivity index (χ0) is 19.4. The number of hydrogen-bond acceptors (Lipinski definition) is 6. The number of pyridine rings is 1. The van der Waals surface area contributed by atoms with E-state index in [1.807, 2.05) is 25.1 Å². The molecule has 0 bridgehead atoms. The van der Waals surface area contributed by atoms with Crippen LogP contribution in [0.5, 0.6) is 0 Å². The second kappa shape index (κ2) is 7.92. The number of nitrogens with one attached hydrogen (secondary N) is 1. The van der Waals surface area contributed by atoms with Gasteiger partial charge in [-0.25, -0.2) is 10.4 Å². The van der Waals surface area contributed by atoms with Crippen molar-refractivity contribution in [2.75, 3.05) is 0 Å². The van der Waals surface area contributed by atoms with E-state index in [0.717, 1.165) is 21.8 Å². The molecule has 0 unspecified atom stereocenters. The minimum atomic E-state index is -0.590. The average Bonchev–Trinajstić information content (AvgIpc) is 3.10. The Hall–Kier alpha value is -3.33. The van der Waals surface area contributed by atoms with Gasteiger partial charge in [0.1, 0.15) is 23.4 Å². The topological polar surface area (TPSA) is 111 Å². The number of aryl methyl sites for hydroxylation is 1. The number of benzene rings is 1. The first-order valence-corrected chi connectivity index (χ1v) is 8.53. The van der Waals surface area contributed by atoms with Crippen molar-refractivity contribution in [2.45, 2.75) is 6.92 Å². The molecule has 1 amide bonds. The lowest BCUT2D eigenvalue weighted by Crippen LogP contribution is -2.18. The van der Waals surface area contributed by atoms with Gasteiger partial charge in [0, 0.05) is 16.1 Å². The van der Waals surface area contributed by atoms with E-state index in [4.69, 9.17) is 4.42 Å². The Balaban J connectivity index is 1.65. The highest BCUT2D eigenvalue weighted by Gasteiger charge is 2.11. The molecule has 2 aromatic heterocycles. The molecular weight excluding hydrogens is 416 g/mol. The second-order valence-corrected chi connectivity index (χ2v) is 6.40. The number of amides is 1. The number of furan rings is 1. The Morgan fingerprint density at radius 3 is 2.78 bits per heavy atom. The summed E-state index contributed by atoms with van der Waals surface area (Å²) in [6.45, 7) is 2.00. The highest BCUT2D eigenvalue weighted by molar-refractivity contribution is 9.10. The van der Waals surface area contributed by atoms with Crippen LogP contribution in [0.3, 0.4) is 0 Å². The molecule has 1 aromatic carbocycles. The summed E-state index contributed by atoms with van der Waals surface area (Å²) in [5.74, 6) is 0.523. The smallest absolute Gasteiger partial charge is 0.289 e. The van der Waals surface area contributed by atoms with Crippen LogP contribution in [0.4, 0.5) is 5.69 Å². The maximum Gasteiger partial charge on any atom is 0.289 e. The van der Waals surface area contributed by atoms with Crippen LogP contribution in [0.2, 0.25) is 0 Å². The zero-order valence-electron chi connectivity index (χ0n) is 14.0. The van der Waals surface area contributed by atoms with Crippen LogP contribution in [0.25, 0.3) is 11.3 Å². The van der Waals surface area contributed by atoms with Crippen molar-refractivity contribution < 1.29 is 14.1 Å². The van der Waals surface area contributed by atoms with Crippen LogP contribution >= 0.6 is 15.9 Å². The zero-order valence-corrected chi connectivity index (χ0v) is 15.6. The van der Waals surface area contributed by atoms with Crippen molar-refractivity contribution >= 4 is 33.7 Å². The lowest BCUT2D eigenvalue weighted by Gasteiger charge is -2.02. The third-order valence-corrected chi connectivity index (χ3v) is 4.22. The molecule has 0 radical (unpaired) electrons. The highest BCUT2D eigenvalue weighted by atomic mass is 79.9. The molecule has 1 N–H and O–H groups in total. The Morgan fingerprint density at radius 2 is 2.11 bits per heavy atom. The maximum atomic E-state index is 11.9. The van der Waals surface area contributed by atoms with Gasteiger partial charge in [0.2, 0.25) is 0 Å². The first-order chi connectivity index (χ1) is 12.9. The van der Waals surface area contributed by atoms with E-state index < -0.39 is 10.8 Å². The first kappa shape index (κ1) is 18.5. The van der Waals surface area contributed by atoms with Crippen LogP contribution < -0.4 is 5.43 Å². The van der Waals surface area contributed by atoms with Gasteiger partial charge in [-0.3, -0.25) is 14.9 Å². The lowest BCUT2D eigenvalue weighted by molar-refractivity contribution is -0.385. The van der Waals surface area contributed by atoms with E-state index in [1.54, 1.807) is 12.1 Å². The van der Waals surface area contributed by atoms with Crippen LogP contribution in [0.1, 0.15) is 21.8 Å². The average molecular weight is 429 g/mol. The molecule has 9 heteroatoms. The number of nitrogens with zero attached hydrogens (tertiary/aromatic N) is 3. The number of aromatic nitrogens is 1. The first-order valence-electron chi connectivity index (χ1n) is 7.74. The quantitative estimate of drug-likeness (QED) is 0.373. The van der Waals surface area contributed by atoms with Gasteiger partial charge in [0.05, 0.1) is 11.1 Å².